The molecule has 2 aliphatic rings. The van der Waals surface area contributed by atoms with Gasteiger partial charge in [0.1, 0.15) is 11.3 Å². The van der Waals surface area contributed by atoms with E-state index in [1.807, 2.05) is 72.4 Å². The summed E-state index contributed by atoms with van der Waals surface area (Å²) in [5, 5.41) is 6.99. The first-order valence-corrected chi connectivity index (χ1v) is 13.8. The number of rotatable bonds is 9. The molecule has 2 heterocycles. The molecule has 3 aromatic rings. The summed E-state index contributed by atoms with van der Waals surface area (Å²) < 4.78 is 5.64. The molecule has 2 aromatic carbocycles. The number of anilines is 2. The van der Waals surface area contributed by atoms with Crippen molar-refractivity contribution in [2.75, 3.05) is 37.4 Å². The summed E-state index contributed by atoms with van der Waals surface area (Å²) in [4.78, 5) is 33.6. The predicted octanol–water partition coefficient (Wildman–Crippen LogP) is 4.56. The minimum atomic E-state index is -0.975. The highest BCUT2D eigenvalue weighted by molar-refractivity contribution is 7.80. The molecule has 39 heavy (non-hydrogen) atoms. The lowest BCUT2D eigenvalue weighted by atomic mass is 9.92. The van der Waals surface area contributed by atoms with E-state index in [0.29, 0.717) is 35.9 Å². The molecule has 2 N–H and O–H groups in total. The fourth-order valence-electron chi connectivity index (χ4n) is 5.55. The quantitative estimate of drug-likeness (QED) is 0.382. The Morgan fingerprint density at radius 2 is 1.77 bits per heavy atom. The first kappa shape index (κ1) is 26.7. The SMILES string of the molecule is CN(C)c1ccc(NC(=O)C2(N(Cc3ccco3)C(=O)CN3C[C@@H](c4ccccc4)NC3=S)CCCC2)cc1. The van der Waals surface area contributed by atoms with Gasteiger partial charge in [-0.25, -0.2) is 0 Å². The topological polar surface area (TPSA) is 81.1 Å². The Labute approximate surface area is 234 Å². The molecule has 1 aromatic heterocycles. The lowest BCUT2D eigenvalue weighted by Crippen LogP contribution is -2.59. The van der Waals surface area contributed by atoms with Gasteiger partial charge in [-0.1, -0.05) is 43.2 Å². The third-order valence-corrected chi connectivity index (χ3v) is 8.10. The van der Waals surface area contributed by atoms with E-state index in [0.717, 1.165) is 24.1 Å². The highest BCUT2D eigenvalue weighted by Crippen LogP contribution is 2.38. The second-order valence-electron chi connectivity index (χ2n) is 10.5. The van der Waals surface area contributed by atoms with Crippen molar-refractivity contribution in [2.24, 2.45) is 0 Å². The molecular weight excluding hydrogens is 510 g/mol. The summed E-state index contributed by atoms with van der Waals surface area (Å²) in [6.07, 6.45) is 4.52. The Bertz CT molecular complexity index is 1290. The molecule has 0 spiro atoms. The van der Waals surface area contributed by atoms with Gasteiger partial charge in [-0.3, -0.25) is 9.59 Å². The van der Waals surface area contributed by atoms with Crippen LogP contribution in [-0.2, 0) is 16.1 Å². The third-order valence-electron chi connectivity index (χ3n) is 7.72. The summed E-state index contributed by atoms with van der Waals surface area (Å²) in [5.74, 6) is 0.327. The molecule has 0 unspecified atom stereocenters. The van der Waals surface area contributed by atoms with Gasteiger partial charge >= 0.3 is 0 Å². The third kappa shape index (κ3) is 5.78. The van der Waals surface area contributed by atoms with Crippen LogP contribution in [-0.4, -0.2) is 59.5 Å². The minimum Gasteiger partial charge on any atom is -0.467 e. The van der Waals surface area contributed by atoms with Gasteiger partial charge in [-0.05, 0) is 67.0 Å². The van der Waals surface area contributed by atoms with Gasteiger partial charge in [0.25, 0.3) is 0 Å². The number of thiocarbonyl (C=S) groups is 1. The monoisotopic (exact) mass is 545 g/mol. The van der Waals surface area contributed by atoms with E-state index in [2.05, 4.69) is 22.8 Å². The summed E-state index contributed by atoms with van der Waals surface area (Å²) in [5.41, 5.74) is 1.90. The average molecular weight is 546 g/mol. The molecule has 204 valence electrons. The van der Waals surface area contributed by atoms with Crippen molar-refractivity contribution in [3.63, 3.8) is 0 Å². The van der Waals surface area contributed by atoms with Crippen LogP contribution in [0.15, 0.2) is 77.4 Å². The lowest BCUT2D eigenvalue weighted by molar-refractivity contribution is -0.146. The zero-order chi connectivity index (χ0) is 27.4. The van der Waals surface area contributed by atoms with Crippen molar-refractivity contribution < 1.29 is 14.0 Å². The number of nitrogens with one attached hydrogen (secondary N) is 2. The second kappa shape index (κ2) is 11.5. The number of benzene rings is 2. The number of amides is 2. The van der Waals surface area contributed by atoms with Crippen molar-refractivity contribution >= 4 is 40.5 Å². The molecule has 1 saturated carbocycles. The van der Waals surface area contributed by atoms with Crippen molar-refractivity contribution in [3.8, 4) is 0 Å². The van der Waals surface area contributed by atoms with Crippen LogP contribution >= 0.6 is 12.2 Å². The van der Waals surface area contributed by atoms with E-state index >= 15 is 0 Å². The summed E-state index contributed by atoms with van der Waals surface area (Å²) in [7, 11) is 3.95. The van der Waals surface area contributed by atoms with Crippen LogP contribution in [0.2, 0.25) is 0 Å². The maximum atomic E-state index is 14.1. The number of nitrogens with zero attached hydrogens (tertiary/aromatic N) is 3. The van der Waals surface area contributed by atoms with Crippen molar-refractivity contribution in [2.45, 2.75) is 43.8 Å². The zero-order valence-electron chi connectivity index (χ0n) is 22.4. The molecule has 1 aliphatic carbocycles. The van der Waals surface area contributed by atoms with Crippen LogP contribution in [0.25, 0.3) is 0 Å². The van der Waals surface area contributed by atoms with Crippen LogP contribution in [0.3, 0.4) is 0 Å². The highest BCUT2D eigenvalue weighted by Gasteiger charge is 2.49. The maximum absolute atomic E-state index is 14.1. The standard InChI is InChI=1S/C30H35N5O3S/c1-33(2)24-14-12-23(13-15-24)31-28(37)30(16-6-7-17-30)35(19-25-11-8-18-38-25)27(36)21-34-20-26(32-29(34)39)22-9-4-3-5-10-22/h3-5,8-15,18,26H,6-7,16-17,19-21H2,1-2H3,(H,31,37)(H,32,39)/t26-/m0/s1. The van der Waals surface area contributed by atoms with E-state index in [4.69, 9.17) is 16.6 Å². The highest BCUT2D eigenvalue weighted by atomic mass is 32.1. The molecule has 8 nitrogen and oxygen atoms in total. The Kier molecular flexibility index (Phi) is 7.88. The van der Waals surface area contributed by atoms with Gasteiger partial charge < -0.3 is 29.8 Å². The first-order chi connectivity index (χ1) is 18.9. The summed E-state index contributed by atoms with van der Waals surface area (Å²) in [6, 6.07) is 21.5. The van der Waals surface area contributed by atoms with Crippen molar-refractivity contribution in [1.82, 2.24) is 15.1 Å². The van der Waals surface area contributed by atoms with Gasteiger partial charge in [-0.15, -0.1) is 0 Å². The zero-order valence-corrected chi connectivity index (χ0v) is 23.2. The minimum absolute atomic E-state index is 0.0129. The van der Waals surface area contributed by atoms with E-state index in [9.17, 15) is 9.59 Å². The molecule has 5 rings (SSSR count). The van der Waals surface area contributed by atoms with Crippen LogP contribution in [0.5, 0.6) is 0 Å². The largest absolute Gasteiger partial charge is 0.467 e. The maximum Gasteiger partial charge on any atom is 0.250 e. The molecule has 2 amide bonds. The van der Waals surface area contributed by atoms with Crippen molar-refractivity contribution in [3.05, 3.63) is 84.3 Å². The Balaban J connectivity index is 1.38. The smallest absolute Gasteiger partial charge is 0.250 e. The van der Waals surface area contributed by atoms with Gasteiger partial charge in [0, 0.05) is 32.0 Å². The molecule has 0 radical (unpaired) electrons. The van der Waals surface area contributed by atoms with Gasteiger partial charge in [0.05, 0.1) is 25.4 Å². The number of furan rings is 1. The molecular formula is C30H35N5O3S. The Hall–Kier alpha value is -3.85. The number of carbonyl (C=O) groups excluding carboxylic acids is 2. The van der Waals surface area contributed by atoms with E-state index in [1.165, 1.54) is 0 Å². The second-order valence-corrected chi connectivity index (χ2v) is 10.9. The number of carbonyl (C=O) groups is 2. The van der Waals surface area contributed by atoms with E-state index < -0.39 is 5.54 Å². The fraction of sp³-hybridized carbons (Fsp3) is 0.367. The van der Waals surface area contributed by atoms with Gasteiger partial charge in [0.15, 0.2) is 5.11 Å². The van der Waals surface area contributed by atoms with Crippen LogP contribution in [0.4, 0.5) is 11.4 Å². The fourth-order valence-corrected chi connectivity index (χ4v) is 5.84. The molecule has 0 bridgehead atoms. The van der Waals surface area contributed by atoms with E-state index in [-0.39, 0.29) is 30.9 Å². The molecule has 1 aliphatic heterocycles. The van der Waals surface area contributed by atoms with Crippen LogP contribution in [0, 0.1) is 0 Å². The number of hydrogen-bond acceptors (Lipinski definition) is 5. The lowest BCUT2D eigenvalue weighted by Gasteiger charge is -2.40. The average Bonchev–Trinajstić information content (AvgIpc) is 3.71. The summed E-state index contributed by atoms with van der Waals surface area (Å²) in [6.45, 7) is 0.887. The van der Waals surface area contributed by atoms with Crippen LogP contribution < -0.4 is 15.5 Å². The molecule has 2 fully saturated rings. The summed E-state index contributed by atoms with van der Waals surface area (Å²) >= 11 is 5.61. The van der Waals surface area contributed by atoms with Gasteiger partial charge in [0.2, 0.25) is 11.8 Å². The van der Waals surface area contributed by atoms with Gasteiger partial charge in [-0.2, -0.15) is 0 Å². The first-order valence-electron chi connectivity index (χ1n) is 13.4. The molecule has 1 atom stereocenters. The van der Waals surface area contributed by atoms with Crippen LogP contribution in [0.1, 0.15) is 43.0 Å². The molecule has 1 saturated heterocycles. The van der Waals surface area contributed by atoms with E-state index in [1.54, 1.807) is 17.2 Å². The number of hydrogen-bond donors (Lipinski definition) is 2. The predicted molar refractivity (Wildman–Crippen MR) is 156 cm³/mol. The normalized spacial score (nSPS) is 18.1. The Morgan fingerprint density at radius 3 is 2.41 bits per heavy atom. The van der Waals surface area contributed by atoms with Crippen molar-refractivity contribution in [1.29, 1.82) is 0 Å². The Morgan fingerprint density at radius 1 is 1.05 bits per heavy atom. The molecule has 9 heteroatoms.